The molecular weight excluding hydrogens is 286 g/mol. The van der Waals surface area contributed by atoms with Crippen LogP contribution in [0.1, 0.15) is 30.5 Å². The molecule has 3 nitrogen and oxygen atoms in total. The molecule has 108 valence electrons. The standard InChI is InChI=1S/C11H13F4N3.ClH/c12-7-4-6(11(13,14)15)5-18-9(7)10(17)3-1-2-8(10)16;/h4-5,8H,1-3,16-17H2;1H. The Morgan fingerprint density at radius 2 is 2.00 bits per heavy atom. The Hall–Kier alpha value is -0.920. The molecule has 0 saturated heterocycles. The fourth-order valence-electron chi connectivity index (χ4n) is 2.29. The molecule has 0 spiro atoms. The number of alkyl halides is 3. The highest BCUT2D eigenvalue weighted by molar-refractivity contribution is 5.85. The van der Waals surface area contributed by atoms with Gasteiger partial charge in [-0.25, -0.2) is 4.39 Å². The van der Waals surface area contributed by atoms with E-state index in [0.29, 0.717) is 31.5 Å². The highest BCUT2D eigenvalue weighted by Gasteiger charge is 2.42. The van der Waals surface area contributed by atoms with Crippen molar-refractivity contribution in [1.29, 1.82) is 0 Å². The van der Waals surface area contributed by atoms with Crippen LogP contribution < -0.4 is 11.5 Å². The maximum absolute atomic E-state index is 13.8. The third-order valence-corrected chi connectivity index (χ3v) is 3.38. The zero-order valence-electron chi connectivity index (χ0n) is 9.88. The van der Waals surface area contributed by atoms with Crippen molar-refractivity contribution >= 4 is 12.4 Å². The van der Waals surface area contributed by atoms with E-state index < -0.39 is 29.1 Å². The summed E-state index contributed by atoms with van der Waals surface area (Å²) in [6.45, 7) is 0. The van der Waals surface area contributed by atoms with Crippen LogP contribution in [0.4, 0.5) is 17.6 Å². The zero-order valence-corrected chi connectivity index (χ0v) is 10.7. The molecule has 0 aliphatic heterocycles. The van der Waals surface area contributed by atoms with Gasteiger partial charge in [-0.15, -0.1) is 12.4 Å². The summed E-state index contributed by atoms with van der Waals surface area (Å²) < 4.78 is 50.9. The van der Waals surface area contributed by atoms with E-state index >= 15 is 0 Å². The Morgan fingerprint density at radius 3 is 2.42 bits per heavy atom. The molecule has 1 heterocycles. The summed E-state index contributed by atoms with van der Waals surface area (Å²) in [5, 5.41) is 0. The average molecular weight is 300 g/mol. The largest absolute Gasteiger partial charge is 0.417 e. The number of rotatable bonds is 1. The fourth-order valence-corrected chi connectivity index (χ4v) is 2.29. The molecule has 1 saturated carbocycles. The first kappa shape index (κ1) is 16.1. The number of hydrogen-bond donors (Lipinski definition) is 2. The van der Waals surface area contributed by atoms with Gasteiger partial charge in [-0.05, 0) is 25.3 Å². The van der Waals surface area contributed by atoms with Crippen LogP contribution >= 0.6 is 12.4 Å². The van der Waals surface area contributed by atoms with Crippen LogP contribution in [0, 0.1) is 5.82 Å². The summed E-state index contributed by atoms with van der Waals surface area (Å²) in [5.41, 5.74) is 9.28. The van der Waals surface area contributed by atoms with E-state index in [1.807, 2.05) is 0 Å². The number of pyridine rings is 1. The molecule has 1 aliphatic carbocycles. The van der Waals surface area contributed by atoms with Gasteiger partial charge in [0.2, 0.25) is 0 Å². The third kappa shape index (κ3) is 2.82. The Balaban J connectivity index is 0.00000180. The molecule has 0 bridgehead atoms. The maximum atomic E-state index is 13.8. The summed E-state index contributed by atoms with van der Waals surface area (Å²) in [6, 6.07) is -0.0710. The number of hydrogen-bond acceptors (Lipinski definition) is 3. The first-order chi connectivity index (χ1) is 8.25. The first-order valence-electron chi connectivity index (χ1n) is 5.53. The van der Waals surface area contributed by atoms with Gasteiger partial charge in [0.05, 0.1) is 16.8 Å². The SMILES string of the molecule is Cl.NC1CCCC1(N)c1ncc(C(F)(F)F)cc1F. The van der Waals surface area contributed by atoms with Crippen LogP contribution in [0.25, 0.3) is 0 Å². The molecule has 1 fully saturated rings. The average Bonchev–Trinajstić information content (AvgIpc) is 2.58. The lowest BCUT2D eigenvalue weighted by Crippen LogP contribution is -2.49. The van der Waals surface area contributed by atoms with Crippen LogP contribution in [0.3, 0.4) is 0 Å². The Bertz CT molecular complexity index is 466. The van der Waals surface area contributed by atoms with Crippen LogP contribution in [-0.4, -0.2) is 11.0 Å². The number of nitrogens with two attached hydrogens (primary N) is 2. The highest BCUT2D eigenvalue weighted by atomic mass is 35.5. The minimum absolute atomic E-state index is 0. The molecular formula is C11H14ClF4N3. The molecule has 1 aliphatic rings. The molecule has 2 unspecified atom stereocenters. The van der Waals surface area contributed by atoms with Crippen LogP contribution in [0.5, 0.6) is 0 Å². The van der Waals surface area contributed by atoms with Gasteiger partial charge < -0.3 is 11.5 Å². The summed E-state index contributed by atoms with van der Waals surface area (Å²) in [5.74, 6) is -1.05. The van der Waals surface area contributed by atoms with Gasteiger partial charge in [0, 0.05) is 12.2 Å². The third-order valence-electron chi connectivity index (χ3n) is 3.38. The molecule has 4 N–H and O–H groups in total. The van der Waals surface area contributed by atoms with E-state index in [2.05, 4.69) is 4.98 Å². The van der Waals surface area contributed by atoms with Gasteiger partial charge >= 0.3 is 6.18 Å². The molecule has 0 amide bonds. The van der Waals surface area contributed by atoms with Gasteiger partial charge in [0.25, 0.3) is 0 Å². The summed E-state index contributed by atoms with van der Waals surface area (Å²) in [6.07, 6.45) is -2.29. The van der Waals surface area contributed by atoms with E-state index in [-0.39, 0.29) is 18.1 Å². The number of nitrogens with zero attached hydrogens (tertiary/aromatic N) is 1. The van der Waals surface area contributed by atoms with Gasteiger partial charge in [-0.3, -0.25) is 4.98 Å². The molecule has 2 atom stereocenters. The van der Waals surface area contributed by atoms with E-state index in [1.165, 1.54) is 0 Å². The van der Waals surface area contributed by atoms with E-state index in [9.17, 15) is 17.6 Å². The van der Waals surface area contributed by atoms with Gasteiger partial charge in [-0.1, -0.05) is 0 Å². The lowest BCUT2D eigenvalue weighted by molar-refractivity contribution is -0.138. The van der Waals surface area contributed by atoms with Crippen LogP contribution in [0.2, 0.25) is 0 Å². The fraction of sp³-hybridized carbons (Fsp3) is 0.545. The van der Waals surface area contributed by atoms with Gasteiger partial charge in [-0.2, -0.15) is 13.2 Å². The van der Waals surface area contributed by atoms with Crippen molar-refractivity contribution < 1.29 is 17.6 Å². The highest BCUT2D eigenvalue weighted by Crippen LogP contribution is 2.37. The number of halogens is 5. The van der Waals surface area contributed by atoms with Crippen LogP contribution in [0.15, 0.2) is 12.3 Å². The second kappa shape index (κ2) is 5.22. The lowest BCUT2D eigenvalue weighted by atomic mass is 9.89. The molecule has 19 heavy (non-hydrogen) atoms. The lowest BCUT2D eigenvalue weighted by Gasteiger charge is -2.28. The van der Waals surface area contributed by atoms with E-state index in [0.717, 1.165) is 0 Å². The predicted molar refractivity (Wildman–Crippen MR) is 64.1 cm³/mol. The number of aromatic nitrogens is 1. The Kier molecular flexibility index (Phi) is 4.44. The Morgan fingerprint density at radius 1 is 1.37 bits per heavy atom. The molecule has 8 heteroatoms. The molecule has 2 rings (SSSR count). The van der Waals surface area contributed by atoms with E-state index in [1.54, 1.807) is 0 Å². The second-order valence-electron chi connectivity index (χ2n) is 4.59. The molecule has 1 aromatic heterocycles. The van der Waals surface area contributed by atoms with Crippen molar-refractivity contribution in [3.63, 3.8) is 0 Å². The second-order valence-corrected chi connectivity index (χ2v) is 4.59. The monoisotopic (exact) mass is 299 g/mol. The van der Waals surface area contributed by atoms with Crippen molar-refractivity contribution in [2.45, 2.75) is 37.0 Å². The maximum Gasteiger partial charge on any atom is 0.417 e. The predicted octanol–water partition coefficient (Wildman–Crippen LogP) is 2.33. The molecule has 0 aromatic carbocycles. The topological polar surface area (TPSA) is 64.9 Å². The zero-order chi connectivity index (χ0) is 13.6. The molecule has 1 aromatic rings. The summed E-state index contributed by atoms with van der Waals surface area (Å²) in [7, 11) is 0. The van der Waals surface area contributed by atoms with Crippen molar-refractivity contribution in [1.82, 2.24) is 4.98 Å². The van der Waals surface area contributed by atoms with E-state index in [4.69, 9.17) is 11.5 Å². The van der Waals surface area contributed by atoms with Gasteiger partial charge in [0.1, 0.15) is 5.82 Å². The summed E-state index contributed by atoms with van der Waals surface area (Å²) >= 11 is 0. The van der Waals surface area contributed by atoms with Crippen molar-refractivity contribution in [2.75, 3.05) is 0 Å². The first-order valence-corrected chi connectivity index (χ1v) is 5.53. The van der Waals surface area contributed by atoms with Crippen molar-refractivity contribution in [3.8, 4) is 0 Å². The van der Waals surface area contributed by atoms with Crippen LogP contribution in [-0.2, 0) is 11.7 Å². The Labute approximate surface area is 113 Å². The van der Waals surface area contributed by atoms with Crippen molar-refractivity contribution in [3.05, 3.63) is 29.3 Å². The summed E-state index contributed by atoms with van der Waals surface area (Å²) in [4.78, 5) is 3.55. The minimum atomic E-state index is -4.62. The minimum Gasteiger partial charge on any atom is -0.326 e. The smallest absolute Gasteiger partial charge is 0.326 e. The van der Waals surface area contributed by atoms with Gasteiger partial charge in [0.15, 0.2) is 0 Å². The normalized spacial score (nSPS) is 27.2. The quantitative estimate of drug-likeness (QED) is 0.782. The molecule has 0 radical (unpaired) electrons. The van der Waals surface area contributed by atoms with Crippen molar-refractivity contribution in [2.24, 2.45) is 11.5 Å².